The van der Waals surface area contributed by atoms with Crippen molar-refractivity contribution in [2.75, 3.05) is 6.54 Å². The van der Waals surface area contributed by atoms with E-state index in [1.807, 2.05) is 6.07 Å². The lowest BCUT2D eigenvalue weighted by atomic mass is 9.99. The molecule has 2 aromatic rings. The second-order valence-corrected chi connectivity index (χ2v) is 4.74. The maximum absolute atomic E-state index is 13.9. The molecule has 0 spiro atoms. The summed E-state index contributed by atoms with van der Waals surface area (Å²) in [6.45, 7) is 2.83. The molecule has 2 nitrogen and oxygen atoms in total. The average Bonchev–Trinajstić information content (AvgIpc) is 2.44. The van der Waals surface area contributed by atoms with Crippen molar-refractivity contribution >= 4 is 0 Å². The SMILES string of the molecule is CCCNC(Cc1cccc(F)c1)c1ccncc1F. The van der Waals surface area contributed by atoms with Gasteiger partial charge in [0.15, 0.2) is 0 Å². The van der Waals surface area contributed by atoms with E-state index in [1.54, 1.807) is 18.3 Å². The summed E-state index contributed by atoms with van der Waals surface area (Å²) in [5, 5.41) is 3.30. The van der Waals surface area contributed by atoms with Gasteiger partial charge in [-0.2, -0.15) is 0 Å². The van der Waals surface area contributed by atoms with E-state index >= 15 is 0 Å². The Morgan fingerprint density at radius 3 is 2.80 bits per heavy atom. The Balaban J connectivity index is 2.22. The molecule has 1 N–H and O–H groups in total. The van der Waals surface area contributed by atoms with Crippen LogP contribution in [0.4, 0.5) is 8.78 Å². The van der Waals surface area contributed by atoms with Crippen molar-refractivity contribution in [2.24, 2.45) is 0 Å². The van der Waals surface area contributed by atoms with E-state index < -0.39 is 0 Å². The largest absolute Gasteiger partial charge is 0.310 e. The van der Waals surface area contributed by atoms with Gasteiger partial charge in [0, 0.05) is 17.8 Å². The Morgan fingerprint density at radius 1 is 1.25 bits per heavy atom. The normalized spacial score (nSPS) is 12.3. The lowest BCUT2D eigenvalue weighted by molar-refractivity contribution is 0.494. The molecule has 0 radical (unpaired) electrons. The minimum Gasteiger partial charge on any atom is -0.310 e. The number of hydrogen-bond donors (Lipinski definition) is 1. The van der Waals surface area contributed by atoms with Crippen LogP contribution in [0.5, 0.6) is 0 Å². The fraction of sp³-hybridized carbons (Fsp3) is 0.312. The van der Waals surface area contributed by atoms with Gasteiger partial charge in [0.2, 0.25) is 0 Å². The molecule has 106 valence electrons. The molecule has 1 atom stereocenters. The van der Waals surface area contributed by atoms with Crippen LogP contribution in [0.15, 0.2) is 42.7 Å². The monoisotopic (exact) mass is 276 g/mol. The Bertz CT molecular complexity index is 558. The maximum atomic E-state index is 13.9. The van der Waals surface area contributed by atoms with E-state index in [1.165, 1.54) is 18.3 Å². The van der Waals surface area contributed by atoms with Gasteiger partial charge < -0.3 is 5.32 Å². The highest BCUT2D eigenvalue weighted by atomic mass is 19.1. The quantitative estimate of drug-likeness (QED) is 0.871. The third-order valence-corrected chi connectivity index (χ3v) is 3.15. The summed E-state index contributed by atoms with van der Waals surface area (Å²) in [4.78, 5) is 3.77. The van der Waals surface area contributed by atoms with Crippen molar-refractivity contribution in [2.45, 2.75) is 25.8 Å². The molecule has 20 heavy (non-hydrogen) atoms. The van der Waals surface area contributed by atoms with Gasteiger partial charge in [-0.15, -0.1) is 0 Å². The number of halogens is 2. The topological polar surface area (TPSA) is 24.9 Å². The zero-order valence-electron chi connectivity index (χ0n) is 11.4. The first-order valence-corrected chi connectivity index (χ1v) is 6.78. The molecule has 0 aliphatic carbocycles. The first-order chi connectivity index (χ1) is 9.70. The summed E-state index contributed by atoms with van der Waals surface area (Å²) < 4.78 is 27.1. The average molecular weight is 276 g/mol. The number of pyridine rings is 1. The molecule has 0 saturated heterocycles. The van der Waals surface area contributed by atoms with Crippen LogP contribution in [0.2, 0.25) is 0 Å². The van der Waals surface area contributed by atoms with Gasteiger partial charge >= 0.3 is 0 Å². The fourth-order valence-electron chi connectivity index (χ4n) is 2.18. The molecule has 2 rings (SSSR count). The van der Waals surface area contributed by atoms with Crippen molar-refractivity contribution in [1.29, 1.82) is 0 Å². The Labute approximate surface area is 117 Å². The molecule has 1 aromatic heterocycles. The number of nitrogens with zero attached hydrogens (tertiary/aromatic N) is 1. The number of aromatic nitrogens is 1. The molecular weight excluding hydrogens is 258 g/mol. The zero-order valence-corrected chi connectivity index (χ0v) is 11.4. The van der Waals surface area contributed by atoms with Crippen molar-refractivity contribution in [1.82, 2.24) is 10.3 Å². The Kier molecular flexibility index (Phi) is 5.18. The van der Waals surface area contributed by atoms with Crippen molar-refractivity contribution in [3.8, 4) is 0 Å². The van der Waals surface area contributed by atoms with Crippen molar-refractivity contribution < 1.29 is 8.78 Å². The molecule has 0 aliphatic heterocycles. The van der Waals surface area contributed by atoms with Gasteiger partial charge in [0.05, 0.1) is 6.20 Å². The van der Waals surface area contributed by atoms with Gasteiger partial charge in [-0.05, 0) is 43.1 Å². The summed E-state index contributed by atoms with van der Waals surface area (Å²) >= 11 is 0. The molecular formula is C16H18F2N2. The standard InChI is InChI=1S/C16H18F2N2/c1-2-7-20-16(14-6-8-19-11-15(14)18)10-12-4-3-5-13(17)9-12/h3-6,8-9,11,16,20H,2,7,10H2,1H3. The van der Waals surface area contributed by atoms with Gasteiger partial charge in [-0.25, -0.2) is 8.78 Å². The van der Waals surface area contributed by atoms with Crippen LogP contribution in [0, 0.1) is 11.6 Å². The third-order valence-electron chi connectivity index (χ3n) is 3.15. The Hall–Kier alpha value is -1.81. The van der Waals surface area contributed by atoms with Crippen LogP contribution in [0.25, 0.3) is 0 Å². The summed E-state index contributed by atoms with van der Waals surface area (Å²) in [6.07, 6.45) is 4.27. The van der Waals surface area contributed by atoms with Crippen LogP contribution in [-0.2, 0) is 6.42 Å². The molecule has 0 saturated carbocycles. The van der Waals surface area contributed by atoms with Gasteiger partial charge in [-0.1, -0.05) is 19.1 Å². The molecule has 0 aliphatic rings. The van der Waals surface area contributed by atoms with E-state index in [0.29, 0.717) is 12.0 Å². The maximum Gasteiger partial charge on any atom is 0.146 e. The highest BCUT2D eigenvalue weighted by Gasteiger charge is 2.15. The lowest BCUT2D eigenvalue weighted by Gasteiger charge is -2.19. The van der Waals surface area contributed by atoms with Gasteiger partial charge in [-0.3, -0.25) is 4.98 Å². The van der Waals surface area contributed by atoms with Crippen molar-refractivity contribution in [3.05, 3.63) is 65.5 Å². The minimum absolute atomic E-state index is 0.181. The molecule has 1 unspecified atom stereocenters. The molecule has 4 heteroatoms. The predicted molar refractivity (Wildman–Crippen MR) is 75.3 cm³/mol. The number of nitrogens with one attached hydrogen (secondary N) is 1. The summed E-state index contributed by atoms with van der Waals surface area (Å²) in [5.41, 5.74) is 1.41. The minimum atomic E-state index is -0.336. The zero-order chi connectivity index (χ0) is 14.4. The lowest BCUT2D eigenvalue weighted by Crippen LogP contribution is -2.25. The molecule has 1 aromatic carbocycles. The van der Waals surface area contributed by atoms with Crippen LogP contribution in [-0.4, -0.2) is 11.5 Å². The van der Waals surface area contributed by atoms with E-state index in [-0.39, 0.29) is 17.7 Å². The predicted octanol–water partition coefficient (Wildman–Crippen LogP) is 3.64. The second kappa shape index (κ2) is 7.10. The van der Waals surface area contributed by atoms with Crippen LogP contribution in [0.1, 0.15) is 30.5 Å². The number of rotatable bonds is 6. The number of hydrogen-bond acceptors (Lipinski definition) is 2. The van der Waals surface area contributed by atoms with Gasteiger partial charge in [0.1, 0.15) is 11.6 Å². The Morgan fingerprint density at radius 2 is 2.10 bits per heavy atom. The van der Waals surface area contributed by atoms with Crippen molar-refractivity contribution in [3.63, 3.8) is 0 Å². The summed E-state index contributed by atoms with van der Waals surface area (Å²) in [5.74, 6) is -0.607. The third kappa shape index (κ3) is 3.84. The van der Waals surface area contributed by atoms with Gasteiger partial charge in [0.25, 0.3) is 0 Å². The number of benzene rings is 1. The first kappa shape index (κ1) is 14.6. The van der Waals surface area contributed by atoms with Crippen LogP contribution in [0.3, 0.4) is 0 Å². The summed E-state index contributed by atoms with van der Waals surface area (Å²) in [7, 11) is 0. The van der Waals surface area contributed by atoms with E-state index in [0.717, 1.165) is 18.5 Å². The summed E-state index contributed by atoms with van der Waals surface area (Å²) in [6, 6.07) is 7.90. The van der Waals surface area contributed by atoms with Crippen LogP contribution < -0.4 is 5.32 Å². The van der Waals surface area contributed by atoms with Crippen LogP contribution >= 0.6 is 0 Å². The first-order valence-electron chi connectivity index (χ1n) is 6.78. The fourth-order valence-corrected chi connectivity index (χ4v) is 2.18. The smallest absolute Gasteiger partial charge is 0.146 e. The van der Waals surface area contributed by atoms with E-state index in [2.05, 4.69) is 17.2 Å². The molecule has 0 amide bonds. The van der Waals surface area contributed by atoms with E-state index in [9.17, 15) is 8.78 Å². The molecule has 0 fully saturated rings. The second-order valence-electron chi connectivity index (χ2n) is 4.74. The van der Waals surface area contributed by atoms with E-state index in [4.69, 9.17) is 0 Å². The highest BCUT2D eigenvalue weighted by Crippen LogP contribution is 2.21. The molecule has 1 heterocycles. The highest BCUT2D eigenvalue weighted by molar-refractivity contribution is 5.23. The molecule has 0 bridgehead atoms.